The topological polar surface area (TPSA) is 26.3 Å². The average molecular weight is 320 g/mol. The van der Waals surface area contributed by atoms with Gasteiger partial charge in [-0.3, -0.25) is 0 Å². The van der Waals surface area contributed by atoms with E-state index in [2.05, 4.69) is 6.58 Å². The van der Waals surface area contributed by atoms with Crippen LogP contribution < -0.4 is 0 Å². The number of cyclic esters (lactones) is 1. The number of esters is 1. The van der Waals surface area contributed by atoms with Gasteiger partial charge < -0.3 is 4.74 Å². The fraction of sp³-hybridized carbons (Fsp3) is 0.421. The van der Waals surface area contributed by atoms with Crippen molar-refractivity contribution >= 4 is 5.97 Å². The number of halogens is 2. The first-order chi connectivity index (χ1) is 10.7. The molecule has 1 aliphatic heterocycles. The van der Waals surface area contributed by atoms with E-state index >= 15 is 0 Å². The molecule has 1 aromatic carbocycles. The van der Waals surface area contributed by atoms with Crippen LogP contribution in [0.1, 0.15) is 51.5 Å². The van der Waals surface area contributed by atoms with E-state index in [0.29, 0.717) is 30.4 Å². The van der Waals surface area contributed by atoms with Gasteiger partial charge in [0, 0.05) is 17.9 Å². The molecule has 0 aromatic heterocycles. The highest BCUT2D eigenvalue weighted by molar-refractivity contribution is 5.92. The molecule has 0 amide bonds. The molecule has 4 heteroatoms. The van der Waals surface area contributed by atoms with Crippen LogP contribution in [0.5, 0.6) is 0 Å². The van der Waals surface area contributed by atoms with Crippen molar-refractivity contribution in [1.29, 1.82) is 0 Å². The molecule has 2 nitrogen and oxygen atoms in total. The van der Waals surface area contributed by atoms with E-state index in [9.17, 15) is 13.6 Å². The molecule has 1 aromatic rings. The molecule has 0 aliphatic carbocycles. The minimum absolute atomic E-state index is 0.327. The number of benzene rings is 1. The predicted octanol–water partition coefficient (Wildman–Crippen LogP) is 5.06. The second-order valence-corrected chi connectivity index (χ2v) is 6.61. The van der Waals surface area contributed by atoms with Gasteiger partial charge in [-0.15, -0.1) is 6.58 Å². The zero-order valence-electron chi connectivity index (χ0n) is 13.8. The van der Waals surface area contributed by atoms with Crippen molar-refractivity contribution in [3.8, 4) is 0 Å². The standard InChI is InChI=1S/C19H22F2O2/c1-5-6-7-14(13-8-9-15(20)16(21)10-13)17-12(2)11-19(3,4)23-18(17)22/h5,8-10,14H,1,6-7,11H2,2-4H3. The number of carbonyl (C=O) groups is 1. The summed E-state index contributed by atoms with van der Waals surface area (Å²) in [4.78, 5) is 12.5. The maximum Gasteiger partial charge on any atom is 0.335 e. The zero-order valence-corrected chi connectivity index (χ0v) is 13.8. The number of ether oxygens (including phenoxy) is 1. The Morgan fingerprint density at radius 2 is 2.04 bits per heavy atom. The summed E-state index contributed by atoms with van der Waals surface area (Å²) in [6.07, 6.45) is 3.64. The van der Waals surface area contributed by atoms with E-state index in [4.69, 9.17) is 4.74 Å². The van der Waals surface area contributed by atoms with Crippen molar-refractivity contribution in [2.45, 2.75) is 51.6 Å². The third-order valence-corrected chi connectivity index (χ3v) is 4.09. The van der Waals surface area contributed by atoms with Gasteiger partial charge in [-0.1, -0.05) is 17.7 Å². The Bertz CT molecular complexity index is 659. The minimum atomic E-state index is -0.908. The molecule has 1 atom stereocenters. The first-order valence-corrected chi connectivity index (χ1v) is 7.74. The number of hydrogen-bond acceptors (Lipinski definition) is 2. The molecule has 1 heterocycles. The van der Waals surface area contributed by atoms with Crippen molar-refractivity contribution in [3.63, 3.8) is 0 Å². The Morgan fingerprint density at radius 1 is 1.35 bits per heavy atom. The van der Waals surface area contributed by atoms with Crippen LogP contribution in [-0.2, 0) is 9.53 Å². The van der Waals surface area contributed by atoms with E-state index in [-0.39, 0.29) is 11.9 Å². The fourth-order valence-corrected chi connectivity index (χ4v) is 3.18. The van der Waals surface area contributed by atoms with Crippen LogP contribution in [0.25, 0.3) is 0 Å². The Labute approximate surface area is 135 Å². The number of rotatable bonds is 5. The summed E-state index contributed by atoms with van der Waals surface area (Å²) in [7, 11) is 0. The lowest BCUT2D eigenvalue weighted by molar-refractivity contribution is -0.153. The van der Waals surface area contributed by atoms with Gasteiger partial charge in [-0.05, 0) is 51.3 Å². The van der Waals surface area contributed by atoms with Gasteiger partial charge in [0.1, 0.15) is 5.60 Å². The SMILES string of the molecule is C=CCCC(C1=C(C)CC(C)(C)OC1=O)c1ccc(F)c(F)c1. The third-order valence-electron chi connectivity index (χ3n) is 4.09. The fourth-order valence-electron chi connectivity index (χ4n) is 3.18. The maximum atomic E-state index is 13.6. The third kappa shape index (κ3) is 3.87. The summed E-state index contributed by atoms with van der Waals surface area (Å²) in [5, 5.41) is 0. The monoisotopic (exact) mass is 320 g/mol. The van der Waals surface area contributed by atoms with Crippen molar-refractivity contribution in [2.75, 3.05) is 0 Å². The summed E-state index contributed by atoms with van der Waals surface area (Å²) >= 11 is 0. The number of hydrogen-bond donors (Lipinski definition) is 0. The van der Waals surface area contributed by atoms with E-state index in [1.54, 1.807) is 6.08 Å². The van der Waals surface area contributed by atoms with Crippen LogP contribution in [0, 0.1) is 11.6 Å². The van der Waals surface area contributed by atoms with Gasteiger partial charge in [0.05, 0.1) is 0 Å². The highest BCUT2D eigenvalue weighted by atomic mass is 19.2. The lowest BCUT2D eigenvalue weighted by Gasteiger charge is -2.34. The predicted molar refractivity (Wildman–Crippen MR) is 86.0 cm³/mol. The molecule has 0 saturated carbocycles. The first-order valence-electron chi connectivity index (χ1n) is 7.74. The van der Waals surface area contributed by atoms with Crippen LogP contribution in [0.4, 0.5) is 8.78 Å². The largest absolute Gasteiger partial charge is 0.456 e. The van der Waals surface area contributed by atoms with Gasteiger partial charge in [0.25, 0.3) is 0 Å². The van der Waals surface area contributed by atoms with Crippen molar-refractivity contribution in [2.24, 2.45) is 0 Å². The Balaban J connectivity index is 2.47. The Morgan fingerprint density at radius 3 is 2.61 bits per heavy atom. The van der Waals surface area contributed by atoms with E-state index < -0.39 is 17.2 Å². The molecule has 1 unspecified atom stereocenters. The molecule has 0 bridgehead atoms. The summed E-state index contributed by atoms with van der Waals surface area (Å²) in [6, 6.07) is 3.79. The molecule has 0 spiro atoms. The number of allylic oxidation sites excluding steroid dienone is 1. The summed E-state index contributed by atoms with van der Waals surface area (Å²) in [6.45, 7) is 9.32. The normalized spacial score (nSPS) is 18.6. The molecule has 124 valence electrons. The van der Waals surface area contributed by atoms with Gasteiger partial charge in [0.15, 0.2) is 11.6 Å². The molecule has 23 heavy (non-hydrogen) atoms. The van der Waals surface area contributed by atoms with Crippen molar-refractivity contribution in [1.82, 2.24) is 0 Å². The van der Waals surface area contributed by atoms with Crippen LogP contribution in [0.15, 0.2) is 42.0 Å². The van der Waals surface area contributed by atoms with Crippen LogP contribution in [-0.4, -0.2) is 11.6 Å². The van der Waals surface area contributed by atoms with Gasteiger partial charge in [-0.25, -0.2) is 13.6 Å². The molecular formula is C19H22F2O2. The molecule has 1 aliphatic rings. The maximum absolute atomic E-state index is 13.6. The quantitative estimate of drug-likeness (QED) is 0.560. The van der Waals surface area contributed by atoms with E-state index in [1.165, 1.54) is 6.07 Å². The van der Waals surface area contributed by atoms with Gasteiger partial charge in [-0.2, -0.15) is 0 Å². The molecular weight excluding hydrogens is 298 g/mol. The molecule has 0 fully saturated rings. The molecule has 0 N–H and O–H groups in total. The molecule has 2 rings (SSSR count). The Hall–Kier alpha value is -1.97. The lowest BCUT2D eigenvalue weighted by atomic mass is 9.80. The highest BCUT2D eigenvalue weighted by Gasteiger charge is 2.36. The average Bonchev–Trinajstić information content (AvgIpc) is 2.43. The highest BCUT2D eigenvalue weighted by Crippen LogP contribution is 2.39. The van der Waals surface area contributed by atoms with E-state index in [0.717, 1.165) is 17.7 Å². The molecule has 0 saturated heterocycles. The second kappa shape index (κ2) is 6.65. The summed E-state index contributed by atoms with van der Waals surface area (Å²) < 4.78 is 32.3. The smallest absolute Gasteiger partial charge is 0.335 e. The first kappa shape index (κ1) is 17.4. The van der Waals surface area contributed by atoms with Crippen molar-refractivity contribution < 1.29 is 18.3 Å². The van der Waals surface area contributed by atoms with Gasteiger partial charge >= 0.3 is 5.97 Å². The zero-order chi connectivity index (χ0) is 17.2. The van der Waals surface area contributed by atoms with Crippen LogP contribution in [0.3, 0.4) is 0 Å². The minimum Gasteiger partial charge on any atom is -0.456 e. The lowest BCUT2D eigenvalue weighted by Crippen LogP contribution is -2.35. The summed E-state index contributed by atoms with van der Waals surface area (Å²) in [5.41, 5.74) is 1.53. The second-order valence-electron chi connectivity index (χ2n) is 6.61. The number of carbonyl (C=O) groups excluding carboxylic acids is 1. The Kier molecular flexibility index (Phi) is 5.03. The van der Waals surface area contributed by atoms with Crippen LogP contribution in [0.2, 0.25) is 0 Å². The van der Waals surface area contributed by atoms with E-state index in [1.807, 2.05) is 20.8 Å². The summed E-state index contributed by atoms with van der Waals surface area (Å²) in [5.74, 6) is -2.51. The molecule has 0 radical (unpaired) electrons. The van der Waals surface area contributed by atoms with Gasteiger partial charge in [0.2, 0.25) is 0 Å². The van der Waals surface area contributed by atoms with Crippen LogP contribution >= 0.6 is 0 Å². The van der Waals surface area contributed by atoms with Crippen molar-refractivity contribution in [3.05, 3.63) is 59.2 Å².